The van der Waals surface area contributed by atoms with Crippen molar-refractivity contribution in [2.45, 2.75) is 65.3 Å². The van der Waals surface area contributed by atoms with Gasteiger partial charge in [-0.15, -0.1) is 0 Å². The molecule has 1 rings (SSSR count). The lowest BCUT2D eigenvalue weighted by atomic mass is 9.75. The highest BCUT2D eigenvalue weighted by Crippen LogP contribution is 2.36. The van der Waals surface area contributed by atoms with Gasteiger partial charge in [0.15, 0.2) is 5.84 Å². The molecule has 0 saturated heterocycles. The molecule has 0 spiro atoms. The summed E-state index contributed by atoms with van der Waals surface area (Å²) in [4.78, 5) is 14.4. The van der Waals surface area contributed by atoms with Crippen molar-refractivity contribution in [1.29, 1.82) is 0 Å². The topological polar surface area (TPSA) is 78.9 Å². The quantitative estimate of drug-likeness (QED) is 0.352. The highest BCUT2D eigenvalue weighted by atomic mass is 16.4. The van der Waals surface area contributed by atoms with Crippen LogP contribution in [0.1, 0.15) is 59.3 Å². The van der Waals surface area contributed by atoms with Crippen LogP contribution in [0.15, 0.2) is 5.16 Å². The average molecular weight is 283 g/mol. The number of nitrogens with zero attached hydrogens (tertiary/aromatic N) is 2. The lowest BCUT2D eigenvalue weighted by Crippen LogP contribution is -2.46. The van der Waals surface area contributed by atoms with Gasteiger partial charge in [0.25, 0.3) is 0 Å². The zero-order valence-corrected chi connectivity index (χ0v) is 13.2. The number of nitrogens with two attached hydrogens (primary N) is 1. The van der Waals surface area contributed by atoms with Crippen molar-refractivity contribution in [3.63, 3.8) is 0 Å². The number of carbonyl (C=O) groups is 1. The van der Waals surface area contributed by atoms with E-state index >= 15 is 0 Å². The summed E-state index contributed by atoms with van der Waals surface area (Å²) in [7, 11) is 1.85. The Bertz CT molecular complexity index is 356. The number of hydrogen-bond acceptors (Lipinski definition) is 3. The van der Waals surface area contributed by atoms with E-state index in [1.54, 1.807) is 0 Å². The molecule has 3 N–H and O–H groups in total. The second kappa shape index (κ2) is 6.95. The van der Waals surface area contributed by atoms with E-state index in [1.165, 1.54) is 0 Å². The minimum Gasteiger partial charge on any atom is -0.409 e. The number of amides is 1. The Hall–Kier alpha value is -1.26. The molecule has 1 fully saturated rings. The van der Waals surface area contributed by atoms with E-state index in [1.807, 2.05) is 18.9 Å². The van der Waals surface area contributed by atoms with E-state index in [9.17, 15) is 4.79 Å². The third kappa shape index (κ3) is 4.12. The highest BCUT2D eigenvalue weighted by Gasteiger charge is 2.33. The van der Waals surface area contributed by atoms with Gasteiger partial charge >= 0.3 is 0 Å². The van der Waals surface area contributed by atoms with Crippen LogP contribution in [0.3, 0.4) is 0 Å². The van der Waals surface area contributed by atoms with Gasteiger partial charge in [-0.2, -0.15) is 0 Å². The van der Waals surface area contributed by atoms with Gasteiger partial charge in [0.05, 0.1) is 5.92 Å². The van der Waals surface area contributed by atoms with Gasteiger partial charge in [0.2, 0.25) is 5.91 Å². The Morgan fingerprint density at radius 2 is 2.00 bits per heavy atom. The molecule has 0 aliphatic heterocycles. The molecule has 1 unspecified atom stereocenters. The number of amidine groups is 1. The first-order chi connectivity index (χ1) is 9.32. The van der Waals surface area contributed by atoms with Crippen LogP contribution in [-0.4, -0.2) is 34.9 Å². The third-order valence-electron chi connectivity index (χ3n) is 4.55. The first-order valence-electron chi connectivity index (χ1n) is 7.56. The molecule has 20 heavy (non-hydrogen) atoms. The number of hydrogen-bond donors (Lipinski definition) is 2. The predicted octanol–water partition coefficient (Wildman–Crippen LogP) is 2.58. The Kier molecular flexibility index (Phi) is 5.84. The summed E-state index contributed by atoms with van der Waals surface area (Å²) >= 11 is 0. The van der Waals surface area contributed by atoms with Crippen LogP contribution >= 0.6 is 0 Å². The first kappa shape index (κ1) is 16.8. The standard InChI is InChI=1S/C15H29N3O2/c1-5-6-12(13(16)17-20)14(19)18(4)11-7-9-15(2,3)10-8-11/h11-12,20H,5-10H2,1-4H3,(H2,16,17). The summed E-state index contributed by atoms with van der Waals surface area (Å²) in [5.74, 6) is -0.489. The Labute approximate surface area is 122 Å². The largest absolute Gasteiger partial charge is 0.409 e. The SMILES string of the molecule is CCCC(C(=O)N(C)C1CCC(C)(C)CC1)C(N)=NO. The van der Waals surface area contributed by atoms with E-state index < -0.39 is 5.92 Å². The van der Waals surface area contributed by atoms with Crippen molar-refractivity contribution >= 4 is 11.7 Å². The molecule has 1 saturated carbocycles. The second-order valence-electron chi connectivity index (χ2n) is 6.71. The molecule has 0 radical (unpaired) electrons. The molecular formula is C15H29N3O2. The maximum atomic E-state index is 12.5. The van der Waals surface area contributed by atoms with E-state index in [2.05, 4.69) is 19.0 Å². The van der Waals surface area contributed by atoms with Crippen LogP contribution in [0.4, 0.5) is 0 Å². The fourth-order valence-corrected chi connectivity index (χ4v) is 2.95. The molecule has 5 heteroatoms. The molecule has 0 aromatic heterocycles. The highest BCUT2D eigenvalue weighted by molar-refractivity contribution is 6.02. The summed E-state index contributed by atoms with van der Waals surface area (Å²) in [5, 5.41) is 11.9. The van der Waals surface area contributed by atoms with Crippen LogP contribution in [-0.2, 0) is 4.79 Å². The number of rotatable bonds is 5. The summed E-state index contributed by atoms with van der Waals surface area (Å²) in [6.07, 6.45) is 5.79. The molecule has 116 valence electrons. The van der Waals surface area contributed by atoms with Crippen LogP contribution in [0.5, 0.6) is 0 Å². The lowest BCUT2D eigenvalue weighted by molar-refractivity contribution is -0.135. The Balaban J connectivity index is 2.70. The molecule has 1 amide bonds. The van der Waals surface area contributed by atoms with Gasteiger partial charge in [0, 0.05) is 13.1 Å². The van der Waals surface area contributed by atoms with Crippen LogP contribution in [0, 0.1) is 11.3 Å². The summed E-state index contributed by atoms with van der Waals surface area (Å²) in [5.41, 5.74) is 6.05. The van der Waals surface area contributed by atoms with E-state index in [-0.39, 0.29) is 17.8 Å². The van der Waals surface area contributed by atoms with Gasteiger partial charge in [0.1, 0.15) is 0 Å². The van der Waals surface area contributed by atoms with Crippen molar-refractivity contribution in [1.82, 2.24) is 4.90 Å². The second-order valence-corrected chi connectivity index (χ2v) is 6.71. The Morgan fingerprint density at radius 3 is 2.45 bits per heavy atom. The molecular weight excluding hydrogens is 254 g/mol. The van der Waals surface area contributed by atoms with Crippen molar-refractivity contribution in [3.8, 4) is 0 Å². The van der Waals surface area contributed by atoms with Gasteiger partial charge in [-0.25, -0.2) is 0 Å². The molecule has 0 heterocycles. The first-order valence-corrected chi connectivity index (χ1v) is 7.56. The van der Waals surface area contributed by atoms with Crippen LogP contribution in [0.2, 0.25) is 0 Å². The molecule has 0 aromatic carbocycles. The maximum Gasteiger partial charge on any atom is 0.233 e. The molecule has 0 aromatic rings. The maximum absolute atomic E-state index is 12.5. The predicted molar refractivity (Wildman–Crippen MR) is 80.6 cm³/mol. The van der Waals surface area contributed by atoms with Crippen LogP contribution in [0.25, 0.3) is 0 Å². The molecule has 0 bridgehead atoms. The van der Waals surface area contributed by atoms with Gasteiger partial charge in [-0.1, -0.05) is 32.3 Å². The minimum absolute atomic E-state index is 0.0214. The summed E-state index contributed by atoms with van der Waals surface area (Å²) in [6.45, 7) is 6.55. The van der Waals surface area contributed by atoms with Crippen molar-refractivity contribution in [2.24, 2.45) is 22.2 Å². The normalized spacial score (nSPS) is 21.5. The van der Waals surface area contributed by atoms with Gasteiger partial charge < -0.3 is 15.8 Å². The molecule has 5 nitrogen and oxygen atoms in total. The van der Waals surface area contributed by atoms with Gasteiger partial charge in [-0.3, -0.25) is 4.79 Å². The third-order valence-corrected chi connectivity index (χ3v) is 4.55. The molecule has 1 aliphatic rings. The van der Waals surface area contributed by atoms with E-state index in [4.69, 9.17) is 10.9 Å². The number of oxime groups is 1. The minimum atomic E-state index is -0.495. The molecule has 1 atom stereocenters. The fraction of sp³-hybridized carbons (Fsp3) is 0.867. The van der Waals surface area contributed by atoms with Crippen molar-refractivity contribution in [3.05, 3.63) is 0 Å². The smallest absolute Gasteiger partial charge is 0.233 e. The monoisotopic (exact) mass is 283 g/mol. The summed E-state index contributed by atoms with van der Waals surface area (Å²) < 4.78 is 0. The van der Waals surface area contributed by atoms with Crippen molar-refractivity contribution in [2.75, 3.05) is 7.05 Å². The zero-order chi connectivity index (χ0) is 15.3. The van der Waals surface area contributed by atoms with E-state index in [0.29, 0.717) is 11.8 Å². The van der Waals surface area contributed by atoms with Gasteiger partial charge in [-0.05, 0) is 37.5 Å². The lowest BCUT2D eigenvalue weighted by Gasteiger charge is -2.39. The molecule has 1 aliphatic carbocycles. The van der Waals surface area contributed by atoms with Crippen molar-refractivity contribution < 1.29 is 10.0 Å². The average Bonchev–Trinajstić information content (AvgIpc) is 2.42. The van der Waals surface area contributed by atoms with E-state index in [0.717, 1.165) is 32.1 Å². The summed E-state index contributed by atoms with van der Waals surface area (Å²) in [6, 6.07) is 0.279. The van der Waals surface area contributed by atoms with Crippen LogP contribution < -0.4 is 5.73 Å². The fourth-order valence-electron chi connectivity index (χ4n) is 2.95. The zero-order valence-electron chi connectivity index (χ0n) is 13.2. The number of carbonyl (C=O) groups excluding carboxylic acids is 1. The Morgan fingerprint density at radius 1 is 1.45 bits per heavy atom.